The molecule has 2 atom stereocenters. The van der Waals surface area contributed by atoms with E-state index in [0.29, 0.717) is 17.4 Å². The van der Waals surface area contributed by atoms with Gasteiger partial charge in [-0.15, -0.1) is 11.8 Å². The summed E-state index contributed by atoms with van der Waals surface area (Å²) in [6.45, 7) is 6.06. The molecule has 2 aliphatic rings. The van der Waals surface area contributed by atoms with Crippen molar-refractivity contribution in [3.8, 4) is 0 Å². The molecule has 0 aromatic heterocycles. The van der Waals surface area contributed by atoms with Crippen LogP contribution in [0.15, 0.2) is 53.4 Å². The average molecular weight is 424 g/mol. The predicted octanol–water partition coefficient (Wildman–Crippen LogP) is 3.68. The van der Waals surface area contributed by atoms with Gasteiger partial charge in [0.05, 0.1) is 5.69 Å². The molecule has 156 valence electrons. The summed E-state index contributed by atoms with van der Waals surface area (Å²) < 4.78 is 0. The highest BCUT2D eigenvalue weighted by atomic mass is 32.2. The van der Waals surface area contributed by atoms with Crippen LogP contribution in [-0.2, 0) is 15.1 Å². The summed E-state index contributed by atoms with van der Waals surface area (Å²) in [5, 5.41) is 3.16. The van der Waals surface area contributed by atoms with Crippen molar-refractivity contribution in [1.82, 2.24) is 10.2 Å². The van der Waals surface area contributed by atoms with Gasteiger partial charge in [0.15, 0.2) is 0 Å². The number of benzene rings is 2. The molecule has 7 heteroatoms. The fourth-order valence-corrected chi connectivity index (χ4v) is 5.00. The highest BCUT2D eigenvalue weighted by Crippen LogP contribution is 2.37. The Morgan fingerprint density at radius 1 is 1.17 bits per heavy atom. The molecule has 2 aromatic carbocycles. The lowest BCUT2D eigenvalue weighted by atomic mass is 9.91. The van der Waals surface area contributed by atoms with E-state index in [0.717, 1.165) is 27.5 Å². The minimum absolute atomic E-state index is 0.256. The maximum atomic E-state index is 13.2. The van der Waals surface area contributed by atoms with Crippen LogP contribution in [-0.4, -0.2) is 41.1 Å². The summed E-state index contributed by atoms with van der Waals surface area (Å²) in [4.78, 5) is 42.8. The normalized spacial score (nSPS) is 23.8. The summed E-state index contributed by atoms with van der Waals surface area (Å²) in [6, 6.07) is 14.7. The Hall–Kier alpha value is -2.80. The Kier molecular flexibility index (Phi) is 5.32. The number of carbonyl (C=O) groups is 3. The Labute approximate surface area is 180 Å². The van der Waals surface area contributed by atoms with E-state index in [1.807, 2.05) is 55.5 Å². The van der Waals surface area contributed by atoms with Crippen LogP contribution in [0.25, 0.3) is 0 Å². The van der Waals surface area contributed by atoms with Gasteiger partial charge in [-0.1, -0.05) is 48.9 Å². The number of hydrogen-bond donors (Lipinski definition) is 1. The molecule has 1 saturated heterocycles. The Balaban J connectivity index is 1.57. The lowest BCUT2D eigenvalue weighted by Gasteiger charge is -2.25. The molecule has 0 saturated carbocycles. The fraction of sp³-hybridized carbons (Fsp3) is 0.348. The molecular formula is C23H25N3O3S. The third-order valence-corrected chi connectivity index (χ3v) is 6.98. The highest BCUT2D eigenvalue weighted by Gasteiger charge is 2.49. The van der Waals surface area contributed by atoms with Gasteiger partial charge in [0, 0.05) is 16.7 Å². The SMILES string of the molecule is Cc1ccc([C@]2(C)NC(=O)N(CC(=O)N3CC[C@H](C)Sc4ccccc43)C2=O)cc1. The number of amides is 4. The van der Waals surface area contributed by atoms with Crippen molar-refractivity contribution in [2.45, 2.75) is 42.9 Å². The van der Waals surface area contributed by atoms with Crippen LogP contribution in [0.5, 0.6) is 0 Å². The molecular weight excluding hydrogens is 398 g/mol. The Bertz CT molecular complexity index is 1010. The zero-order chi connectivity index (χ0) is 21.5. The molecule has 4 amide bonds. The highest BCUT2D eigenvalue weighted by molar-refractivity contribution is 8.00. The van der Waals surface area contributed by atoms with Crippen LogP contribution in [0.2, 0.25) is 0 Å². The van der Waals surface area contributed by atoms with Crippen molar-refractivity contribution in [2.24, 2.45) is 0 Å². The molecule has 1 N–H and O–H groups in total. The van der Waals surface area contributed by atoms with Crippen LogP contribution in [0, 0.1) is 6.92 Å². The molecule has 1 fully saturated rings. The largest absolute Gasteiger partial charge is 0.325 e. The number of para-hydroxylation sites is 1. The average Bonchev–Trinajstić information content (AvgIpc) is 2.85. The van der Waals surface area contributed by atoms with E-state index in [9.17, 15) is 14.4 Å². The van der Waals surface area contributed by atoms with Crippen LogP contribution in [0.1, 0.15) is 31.4 Å². The van der Waals surface area contributed by atoms with Crippen molar-refractivity contribution >= 4 is 35.3 Å². The van der Waals surface area contributed by atoms with Crippen LogP contribution >= 0.6 is 11.8 Å². The molecule has 0 spiro atoms. The van der Waals surface area contributed by atoms with Crippen LogP contribution < -0.4 is 10.2 Å². The van der Waals surface area contributed by atoms with E-state index < -0.39 is 17.5 Å². The minimum atomic E-state index is -1.17. The molecule has 2 heterocycles. The standard InChI is InChI=1S/C23H25N3O3S/c1-15-8-10-17(11-9-15)23(3)21(28)26(22(29)24-23)14-20(27)25-13-12-16(2)30-19-7-5-4-6-18(19)25/h4-11,16H,12-14H2,1-3H3,(H,24,29)/t16-,23-/m0/s1. The van der Waals surface area contributed by atoms with Crippen LogP contribution in [0.3, 0.4) is 0 Å². The van der Waals surface area contributed by atoms with Gasteiger partial charge in [-0.2, -0.15) is 0 Å². The summed E-state index contributed by atoms with van der Waals surface area (Å²) in [7, 11) is 0. The predicted molar refractivity (Wildman–Crippen MR) is 118 cm³/mol. The lowest BCUT2D eigenvalue weighted by molar-refractivity contribution is -0.134. The van der Waals surface area contributed by atoms with E-state index in [1.54, 1.807) is 23.6 Å². The number of urea groups is 1. The first kappa shape index (κ1) is 20.5. The topological polar surface area (TPSA) is 69.7 Å². The van der Waals surface area contributed by atoms with Crippen molar-refractivity contribution in [2.75, 3.05) is 18.0 Å². The maximum absolute atomic E-state index is 13.2. The summed E-state index contributed by atoms with van der Waals surface area (Å²) >= 11 is 1.74. The molecule has 0 radical (unpaired) electrons. The fourth-order valence-electron chi connectivity index (χ4n) is 3.89. The third kappa shape index (κ3) is 3.58. The van der Waals surface area contributed by atoms with E-state index in [2.05, 4.69) is 12.2 Å². The van der Waals surface area contributed by atoms with Crippen molar-refractivity contribution < 1.29 is 14.4 Å². The van der Waals surface area contributed by atoms with Crippen LogP contribution in [0.4, 0.5) is 10.5 Å². The number of rotatable bonds is 3. The first-order chi connectivity index (χ1) is 14.3. The van der Waals surface area contributed by atoms with Gasteiger partial charge in [0.1, 0.15) is 12.1 Å². The van der Waals surface area contributed by atoms with Crippen molar-refractivity contribution in [1.29, 1.82) is 0 Å². The lowest BCUT2D eigenvalue weighted by Crippen LogP contribution is -2.45. The molecule has 2 aliphatic heterocycles. The molecule has 4 rings (SSSR count). The van der Waals surface area contributed by atoms with Crippen molar-refractivity contribution in [3.05, 3.63) is 59.7 Å². The zero-order valence-electron chi connectivity index (χ0n) is 17.3. The maximum Gasteiger partial charge on any atom is 0.325 e. The summed E-state index contributed by atoms with van der Waals surface area (Å²) in [5.41, 5.74) is 1.43. The third-order valence-electron chi connectivity index (χ3n) is 5.74. The van der Waals surface area contributed by atoms with E-state index in [-0.39, 0.29) is 12.5 Å². The second-order valence-corrected chi connectivity index (χ2v) is 9.52. The number of hydrogen-bond acceptors (Lipinski definition) is 4. The van der Waals surface area contributed by atoms with E-state index >= 15 is 0 Å². The molecule has 0 unspecified atom stereocenters. The van der Waals surface area contributed by atoms with Gasteiger partial charge >= 0.3 is 6.03 Å². The molecule has 0 bridgehead atoms. The van der Waals surface area contributed by atoms with Crippen molar-refractivity contribution in [3.63, 3.8) is 0 Å². The smallest absolute Gasteiger partial charge is 0.319 e. The van der Waals surface area contributed by atoms with Gasteiger partial charge < -0.3 is 10.2 Å². The Morgan fingerprint density at radius 2 is 1.87 bits per heavy atom. The number of thioether (sulfide) groups is 1. The number of nitrogens with one attached hydrogen (secondary N) is 1. The van der Waals surface area contributed by atoms with E-state index in [1.165, 1.54) is 0 Å². The van der Waals surface area contributed by atoms with Gasteiger partial charge in [-0.05, 0) is 38.0 Å². The minimum Gasteiger partial charge on any atom is -0.319 e. The monoisotopic (exact) mass is 423 g/mol. The first-order valence-electron chi connectivity index (χ1n) is 10.1. The number of carbonyl (C=O) groups excluding carboxylic acids is 3. The Morgan fingerprint density at radius 3 is 2.60 bits per heavy atom. The summed E-state index contributed by atoms with van der Waals surface area (Å²) in [6.07, 6.45) is 0.840. The van der Waals surface area contributed by atoms with Gasteiger partial charge in [0.25, 0.3) is 5.91 Å². The van der Waals surface area contributed by atoms with E-state index in [4.69, 9.17) is 0 Å². The number of nitrogens with zero attached hydrogens (tertiary/aromatic N) is 2. The van der Waals surface area contributed by atoms with Gasteiger partial charge in [-0.3, -0.25) is 14.5 Å². The quantitative estimate of drug-likeness (QED) is 0.765. The number of aryl methyl sites for hydroxylation is 1. The first-order valence-corrected chi connectivity index (χ1v) is 10.9. The second kappa shape index (κ2) is 7.80. The molecule has 0 aliphatic carbocycles. The second-order valence-electron chi connectivity index (χ2n) is 8.04. The zero-order valence-corrected chi connectivity index (χ0v) is 18.2. The van der Waals surface area contributed by atoms with Gasteiger partial charge in [0.2, 0.25) is 5.91 Å². The summed E-state index contributed by atoms with van der Waals surface area (Å²) in [5.74, 6) is -0.663. The molecule has 2 aromatic rings. The number of imide groups is 1. The molecule has 30 heavy (non-hydrogen) atoms. The number of anilines is 1. The van der Waals surface area contributed by atoms with Gasteiger partial charge in [-0.25, -0.2) is 4.79 Å². The molecule has 6 nitrogen and oxygen atoms in total. The number of fused-ring (bicyclic) bond motifs is 1.